The number of rotatable bonds is 16. The molecule has 3 amide bonds. The molecule has 13 nitrogen and oxygen atoms in total. The fourth-order valence-corrected chi connectivity index (χ4v) is 6.69. The summed E-state index contributed by atoms with van der Waals surface area (Å²) in [5.41, 5.74) is 10.2. The molecule has 3 aromatic carbocycles. The second-order valence-corrected chi connectivity index (χ2v) is 14.3. The third-order valence-electron chi connectivity index (χ3n) is 10.0. The molecule has 1 saturated carbocycles. The molecule has 1 heterocycles. The van der Waals surface area contributed by atoms with Crippen LogP contribution in [-0.4, -0.2) is 82.2 Å². The molecule has 1 aliphatic carbocycles. The lowest BCUT2D eigenvalue weighted by atomic mass is 9.81. The number of carbonyl (C=O) groups excluding carboxylic acids is 3. The van der Waals surface area contributed by atoms with Gasteiger partial charge in [0.25, 0.3) is 5.91 Å². The van der Waals surface area contributed by atoms with Crippen molar-refractivity contribution >= 4 is 29.4 Å². The first-order chi connectivity index (χ1) is 27.0. The van der Waals surface area contributed by atoms with Crippen molar-refractivity contribution in [2.75, 3.05) is 25.6 Å². The summed E-state index contributed by atoms with van der Waals surface area (Å²) in [4.78, 5) is 54.0. The molecule has 0 bridgehead atoms. The third kappa shape index (κ3) is 10.0. The van der Waals surface area contributed by atoms with Gasteiger partial charge in [-0.15, -0.1) is 0 Å². The average molecular weight is 796 g/mol. The minimum Gasteiger partial charge on any atom is -0.477 e. The number of ether oxygens (including phenoxy) is 1. The summed E-state index contributed by atoms with van der Waals surface area (Å²) in [6.45, 7) is 4.70. The van der Waals surface area contributed by atoms with E-state index in [2.05, 4.69) is 26.0 Å². The number of nitrogens with two attached hydrogens (primary N) is 1. The Morgan fingerprint density at radius 1 is 0.947 bits per heavy atom. The van der Waals surface area contributed by atoms with Gasteiger partial charge in [-0.1, -0.05) is 30.3 Å². The Labute approximate surface area is 326 Å². The van der Waals surface area contributed by atoms with Crippen molar-refractivity contribution in [1.29, 1.82) is 0 Å². The number of carboxylic acids is 1. The van der Waals surface area contributed by atoms with E-state index >= 15 is 0 Å². The molecule has 57 heavy (non-hydrogen) atoms. The van der Waals surface area contributed by atoms with Gasteiger partial charge >= 0.3 is 17.8 Å². The average Bonchev–Trinajstić information content (AvgIpc) is 3.70. The summed E-state index contributed by atoms with van der Waals surface area (Å²) in [6.07, 6.45) is 3.05. The molecule has 2 atom stereocenters. The van der Waals surface area contributed by atoms with Crippen LogP contribution in [0.3, 0.4) is 0 Å². The number of carboxylic acid groups (broad SMARTS) is 1. The summed E-state index contributed by atoms with van der Waals surface area (Å²) in [6, 6.07) is 17.3. The van der Waals surface area contributed by atoms with Crippen molar-refractivity contribution in [3.8, 4) is 22.5 Å². The number of aromatic nitrogens is 3. The maximum atomic E-state index is 14.2. The minimum absolute atomic E-state index is 0.104. The number of halogens is 4. The zero-order valence-electron chi connectivity index (χ0n) is 31.6. The molecular formula is C40H45F4N7O6. The molecule has 0 radical (unpaired) electrons. The number of amides is 3. The third-order valence-corrected chi connectivity index (χ3v) is 10.0. The van der Waals surface area contributed by atoms with E-state index in [-0.39, 0.29) is 41.4 Å². The molecule has 304 valence electrons. The second kappa shape index (κ2) is 18.1. The Morgan fingerprint density at radius 3 is 2.19 bits per heavy atom. The number of anilines is 1. The van der Waals surface area contributed by atoms with Gasteiger partial charge in [0.15, 0.2) is 5.82 Å². The van der Waals surface area contributed by atoms with Crippen molar-refractivity contribution in [2.45, 2.75) is 69.9 Å². The van der Waals surface area contributed by atoms with Crippen molar-refractivity contribution in [3.05, 3.63) is 89.2 Å². The van der Waals surface area contributed by atoms with Gasteiger partial charge in [-0.2, -0.15) is 22.7 Å². The van der Waals surface area contributed by atoms with Crippen molar-refractivity contribution in [2.24, 2.45) is 17.6 Å². The van der Waals surface area contributed by atoms with Gasteiger partial charge in [-0.05, 0) is 111 Å². The fourth-order valence-electron chi connectivity index (χ4n) is 6.69. The summed E-state index contributed by atoms with van der Waals surface area (Å²) in [7, 11) is 1.57. The smallest absolute Gasteiger partial charge is 0.411 e. The van der Waals surface area contributed by atoms with Crippen LogP contribution >= 0.6 is 0 Å². The number of nitrogens with zero attached hydrogens (tertiary/aromatic N) is 2. The van der Waals surface area contributed by atoms with E-state index in [1.807, 2.05) is 50.2 Å². The van der Waals surface area contributed by atoms with Gasteiger partial charge in [-0.25, -0.2) is 9.78 Å². The van der Waals surface area contributed by atoms with Crippen LogP contribution in [0.2, 0.25) is 0 Å². The SMILES string of the molecule is COC[C@H](C)NC(=O)c1ccc(-c2ccc(CC(NC(=O)C3CCC(CN)CC3)C(=O)Nc3ccc(-c4n[nH]c(C(F)(F)C(F)(F)C(=O)O)n4)cc3)cc2)c(C)c1. The summed E-state index contributed by atoms with van der Waals surface area (Å²) in [5, 5.41) is 22.4. The summed E-state index contributed by atoms with van der Waals surface area (Å²) >= 11 is 0. The van der Waals surface area contributed by atoms with Gasteiger partial charge in [0.1, 0.15) is 6.04 Å². The summed E-state index contributed by atoms with van der Waals surface area (Å²) in [5.74, 6) is -16.6. The molecule has 1 aromatic heterocycles. The molecule has 0 saturated heterocycles. The fraction of sp³-hybridized carbons (Fsp3) is 0.400. The molecular weight excluding hydrogens is 750 g/mol. The minimum atomic E-state index is -5.44. The number of carbonyl (C=O) groups is 4. The van der Waals surface area contributed by atoms with Crippen LogP contribution in [0.25, 0.3) is 22.5 Å². The van der Waals surface area contributed by atoms with E-state index in [1.165, 1.54) is 24.3 Å². The molecule has 1 unspecified atom stereocenters. The maximum Gasteiger partial charge on any atom is 0.411 e. The molecule has 4 aromatic rings. The molecule has 5 rings (SSSR count). The van der Waals surface area contributed by atoms with Crippen LogP contribution in [0.4, 0.5) is 23.2 Å². The predicted molar refractivity (Wildman–Crippen MR) is 202 cm³/mol. The van der Waals surface area contributed by atoms with Crippen molar-refractivity contribution < 1.29 is 46.6 Å². The van der Waals surface area contributed by atoms with E-state index in [0.29, 0.717) is 37.5 Å². The van der Waals surface area contributed by atoms with E-state index in [1.54, 1.807) is 18.3 Å². The Kier molecular flexibility index (Phi) is 13.5. The Hall–Kier alpha value is -5.68. The van der Waals surface area contributed by atoms with Crippen LogP contribution in [-0.2, 0) is 31.5 Å². The molecule has 17 heteroatoms. The summed E-state index contributed by atoms with van der Waals surface area (Å²) < 4.78 is 60.9. The lowest BCUT2D eigenvalue weighted by molar-refractivity contribution is -0.231. The number of methoxy groups -OCH3 is 1. The monoisotopic (exact) mass is 795 g/mol. The van der Waals surface area contributed by atoms with Crippen LogP contribution in [0.5, 0.6) is 0 Å². The predicted octanol–water partition coefficient (Wildman–Crippen LogP) is 5.45. The van der Waals surface area contributed by atoms with Gasteiger partial charge in [0, 0.05) is 42.3 Å². The number of benzene rings is 3. The molecule has 0 aliphatic heterocycles. The van der Waals surface area contributed by atoms with Crippen molar-refractivity contribution in [1.82, 2.24) is 25.8 Å². The number of hydrogen-bond donors (Lipinski definition) is 6. The quantitative estimate of drug-likeness (QED) is 0.0798. The van der Waals surface area contributed by atoms with Gasteiger partial charge in [0.05, 0.1) is 6.61 Å². The van der Waals surface area contributed by atoms with Crippen LogP contribution in [0, 0.1) is 18.8 Å². The number of aryl methyl sites for hydroxylation is 1. The van der Waals surface area contributed by atoms with E-state index < -0.39 is 41.4 Å². The highest BCUT2D eigenvalue weighted by Crippen LogP contribution is 2.42. The van der Waals surface area contributed by atoms with E-state index in [0.717, 1.165) is 35.1 Å². The molecule has 7 N–H and O–H groups in total. The highest BCUT2D eigenvalue weighted by molar-refractivity contribution is 5.98. The second-order valence-electron chi connectivity index (χ2n) is 14.3. The van der Waals surface area contributed by atoms with Crippen LogP contribution in [0.1, 0.15) is 59.9 Å². The largest absolute Gasteiger partial charge is 0.477 e. The zero-order chi connectivity index (χ0) is 41.5. The Bertz CT molecular complexity index is 2050. The van der Waals surface area contributed by atoms with Crippen LogP contribution < -0.4 is 21.7 Å². The lowest BCUT2D eigenvalue weighted by Crippen LogP contribution is -2.48. The number of alkyl halides is 4. The molecule has 0 spiro atoms. The normalized spacial score (nSPS) is 17.0. The topological polar surface area (TPSA) is 201 Å². The Balaban J connectivity index is 1.30. The highest BCUT2D eigenvalue weighted by Gasteiger charge is 2.65. The zero-order valence-corrected chi connectivity index (χ0v) is 31.6. The number of hydrogen-bond acceptors (Lipinski definition) is 8. The van der Waals surface area contributed by atoms with Crippen LogP contribution in [0.15, 0.2) is 66.7 Å². The highest BCUT2D eigenvalue weighted by atomic mass is 19.3. The first kappa shape index (κ1) is 42.5. The van der Waals surface area contributed by atoms with Crippen molar-refractivity contribution in [3.63, 3.8) is 0 Å². The number of aliphatic carboxylic acids is 1. The van der Waals surface area contributed by atoms with E-state index in [4.69, 9.17) is 15.6 Å². The first-order valence-electron chi connectivity index (χ1n) is 18.4. The van der Waals surface area contributed by atoms with Gasteiger partial charge in [0.2, 0.25) is 17.6 Å². The standard InChI is InChI=1S/C40H45F4N7O6/c1-22-18-29(35(53)46-23(2)21-57-3)14-17-31(22)26-8-4-24(5-9-26)19-32(48-34(52)28-10-6-25(20-45)7-11-28)36(54)47-30-15-12-27(13-16-30)33-49-37(51-50-33)39(41,42)40(43,44)38(55)56/h4-5,8-9,12-18,23,25,28,32H,6-7,10-11,19-21,45H2,1-3H3,(H,46,53)(H,47,54)(H,48,52)(H,55,56)(H,49,50,51)/t23-,25?,28?,32?/m0/s1. The van der Waals surface area contributed by atoms with E-state index in [9.17, 15) is 36.7 Å². The molecule has 1 aliphatic rings. The number of aromatic amines is 1. The lowest BCUT2D eigenvalue weighted by Gasteiger charge is -2.28. The number of nitrogens with one attached hydrogen (secondary N) is 4. The van der Waals surface area contributed by atoms with Gasteiger partial charge in [-0.3, -0.25) is 19.5 Å². The number of H-pyrrole nitrogens is 1. The maximum absolute atomic E-state index is 14.2. The first-order valence-corrected chi connectivity index (χ1v) is 18.4. The Morgan fingerprint density at radius 2 is 1.60 bits per heavy atom. The van der Waals surface area contributed by atoms with Gasteiger partial charge < -0.3 is 31.5 Å². The molecule has 1 fully saturated rings.